The third-order valence-corrected chi connectivity index (χ3v) is 4.91. The molecule has 134 valence electrons. The van der Waals surface area contributed by atoms with Crippen molar-refractivity contribution in [2.75, 3.05) is 13.2 Å². The van der Waals surface area contributed by atoms with E-state index in [1.54, 1.807) is 36.4 Å². The average Bonchev–Trinajstić information content (AvgIpc) is 2.62. The lowest BCUT2D eigenvalue weighted by Crippen LogP contribution is -2.08. The van der Waals surface area contributed by atoms with Crippen LogP contribution in [0.5, 0.6) is 0 Å². The van der Waals surface area contributed by atoms with Crippen molar-refractivity contribution in [1.82, 2.24) is 0 Å². The van der Waals surface area contributed by atoms with Gasteiger partial charge in [0.2, 0.25) is 0 Å². The molecule has 0 saturated carbocycles. The fraction of sp³-hybridized carbons (Fsp3) is 0.316. The van der Waals surface area contributed by atoms with Gasteiger partial charge in [0.05, 0.1) is 23.7 Å². The SMILES string of the molecule is Cc1ccc(S(=O)(=O)OCCCCCOC(=O)c2ccccc2)cc1. The van der Waals surface area contributed by atoms with E-state index in [4.69, 9.17) is 8.92 Å². The highest BCUT2D eigenvalue weighted by atomic mass is 32.2. The van der Waals surface area contributed by atoms with Crippen LogP contribution in [0.25, 0.3) is 0 Å². The number of carbonyl (C=O) groups excluding carboxylic acids is 1. The molecule has 0 aromatic heterocycles. The van der Waals surface area contributed by atoms with E-state index in [-0.39, 0.29) is 17.5 Å². The van der Waals surface area contributed by atoms with Gasteiger partial charge in [-0.3, -0.25) is 4.18 Å². The molecule has 2 aromatic carbocycles. The Hall–Kier alpha value is -2.18. The second kappa shape index (κ2) is 9.34. The van der Waals surface area contributed by atoms with Crippen LogP contribution in [-0.2, 0) is 19.0 Å². The first-order valence-electron chi connectivity index (χ1n) is 8.17. The van der Waals surface area contributed by atoms with Crippen molar-refractivity contribution in [2.24, 2.45) is 0 Å². The van der Waals surface area contributed by atoms with Crippen molar-refractivity contribution in [3.8, 4) is 0 Å². The molecule has 0 fully saturated rings. The highest BCUT2D eigenvalue weighted by molar-refractivity contribution is 7.86. The van der Waals surface area contributed by atoms with Crippen molar-refractivity contribution in [2.45, 2.75) is 31.1 Å². The molecule has 0 radical (unpaired) electrons. The number of hydrogen-bond donors (Lipinski definition) is 0. The van der Waals surface area contributed by atoms with Crippen LogP contribution < -0.4 is 0 Å². The smallest absolute Gasteiger partial charge is 0.338 e. The Kier molecular flexibility index (Phi) is 7.16. The maximum absolute atomic E-state index is 12.0. The van der Waals surface area contributed by atoms with E-state index in [2.05, 4.69) is 0 Å². The number of rotatable bonds is 9. The summed E-state index contributed by atoms with van der Waals surface area (Å²) in [4.78, 5) is 11.9. The van der Waals surface area contributed by atoms with Crippen molar-refractivity contribution in [3.05, 3.63) is 65.7 Å². The van der Waals surface area contributed by atoms with Gasteiger partial charge in [-0.2, -0.15) is 8.42 Å². The molecule has 2 rings (SSSR count). The third-order valence-electron chi connectivity index (χ3n) is 3.58. The topological polar surface area (TPSA) is 69.7 Å². The molecular weight excluding hydrogens is 340 g/mol. The zero-order valence-electron chi connectivity index (χ0n) is 14.2. The van der Waals surface area contributed by atoms with E-state index in [9.17, 15) is 13.2 Å². The van der Waals surface area contributed by atoms with E-state index < -0.39 is 10.1 Å². The molecule has 0 aliphatic rings. The van der Waals surface area contributed by atoms with Gasteiger partial charge in [-0.15, -0.1) is 0 Å². The molecule has 0 N–H and O–H groups in total. The van der Waals surface area contributed by atoms with E-state index in [0.29, 0.717) is 31.4 Å². The summed E-state index contributed by atoms with van der Waals surface area (Å²) >= 11 is 0. The molecule has 0 spiro atoms. The van der Waals surface area contributed by atoms with Gasteiger partial charge in [-0.1, -0.05) is 35.9 Å². The van der Waals surface area contributed by atoms with E-state index in [1.165, 1.54) is 12.1 Å². The molecule has 0 bridgehead atoms. The maximum atomic E-state index is 12.0. The van der Waals surface area contributed by atoms with Crippen molar-refractivity contribution >= 4 is 16.1 Å². The lowest BCUT2D eigenvalue weighted by atomic mass is 10.2. The largest absolute Gasteiger partial charge is 0.462 e. The minimum atomic E-state index is -3.70. The number of ether oxygens (including phenoxy) is 1. The summed E-state index contributed by atoms with van der Waals surface area (Å²) in [5.74, 6) is -0.348. The van der Waals surface area contributed by atoms with Gasteiger partial charge in [0, 0.05) is 0 Å². The van der Waals surface area contributed by atoms with Gasteiger partial charge in [0.15, 0.2) is 0 Å². The normalized spacial score (nSPS) is 11.2. The highest BCUT2D eigenvalue weighted by Crippen LogP contribution is 2.14. The van der Waals surface area contributed by atoms with E-state index >= 15 is 0 Å². The molecule has 6 heteroatoms. The number of unbranched alkanes of at least 4 members (excludes halogenated alkanes) is 2. The molecular formula is C19H22O5S. The van der Waals surface area contributed by atoms with Crippen molar-refractivity contribution in [3.63, 3.8) is 0 Å². The molecule has 2 aromatic rings. The average molecular weight is 362 g/mol. The van der Waals surface area contributed by atoms with Gasteiger partial charge in [-0.05, 0) is 50.5 Å². The number of aryl methyl sites for hydroxylation is 1. The van der Waals surface area contributed by atoms with Crippen LogP contribution in [0.15, 0.2) is 59.5 Å². The van der Waals surface area contributed by atoms with Crippen molar-refractivity contribution in [1.29, 1.82) is 0 Å². The quantitative estimate of drug-likeness (QED) is 0.386. The Bertz CT molecular complexity index is 767. The molecule has 0 atom stereocenters. The second-order valence-electron chi connectivity index (χ2n) is 5.65. The molecule has 5 nitrogen and oxygen atoms in total. The summed E-state index contributed by atoms with van der Waals surface area (Å²) in [5.41, 5.74) is 1.51. The van der Waals surface area contributed by atoms with Gasteiger partial charge in [-0.25, -0.2) is 4.79 Å². The van der Waals surface area contributed by atoms with E-state index in [0.717, 1.165) is 5.56 Å². The minimum absolute atomic E-state index is 0.114. The Labute approximate surface area is 148 Å². The fourth-order valence-electron chi connectivity index (χ4n) is 2.14. The fourth-order valence-corrected chi connectivity index (χ4v) is 3.09. The second-order valence-corrected chi connectivity index (χ2v) is 7.27. The summed E-state index contributed by atoms with van der Waals surface area (Å²) in [6.07, 6.45) is 1.95. The summed E-state index contributed by atoms with van der Waals surface area (Å²) in [5, 5.41) is 0. The molecule has 0 aliphatic carbocycles. The van der Waals surface area contributed by atoms with E-state index in [1.807, 2.05) is 13.0 Å². The first kappa shape index (κ1) is 19.1. The Morgan fingerprint density at radius 1 is 0.880 bits per heavy atom. The first-order valence-corrected chi connectivity index (χ1v) is 9.58. The number of carbonyl (C=O) groups is 1. The van der Waals surface area contributed by atoms with Gasteiger partial charge >= 0.3 is 5.97 Å². The van der Waals surface area contributed by atoms with Crippen LogP contribution in [0.2, 0.25) is 0 Å². The molecule has 0 aliphatic heterocycles. The predicted octanol–water partition coefficient (Wildman–Crippen LogP) is 3.73. The molecule has 0 heterocycles. The summed E-state index contributed by atoms with van der Waals surface area (Å²) < 4.78 is 34.1. The molecule has 0 amide bonds. The van der Waals surface area contributed by atoms with Gasteiger partial charge in [0.25, 0.3) is 10.1 Å². The summed E-state index contributed by atoms with van der Waals surface area (Å²) in [6, 6.07) is 15.3. The highest BCUT2D eigenvalue weighted by Gasteiger charge is 2.14. The van der Waals surface area contributed by atoms with Gasteiger partial charge in [0.1, 0.15) is 0 Å². The third kappa shape index (κ3) is 6.32. The molecule has 0 saturated heterocycles. The predicted molar refractivity (Wildman–Crippen MR) is 94.9 cm³/mol. The van der Waals surface area contributed by atoms with Crippen LogP contribution >= 0.6 is 0 Å². The minimum Gasteiger partial charge on any atom is -0.462 e. The standard InChI is InChI=1S/C19H22O5S/c1-16-10-12-18(13-11-16)25(21,22)24-15-7-3-6-14-23-19(20)17-8-4-2-5-9-17/h2,4-5,8-13H,3,6-7,14-15H2,1H3. The van der Waals surface area contributed by atoms with Crippen LogP contribution in [0.1, 0.15) is 35.2 Å². The molecule has 0 unspecified atom stereocenters. The Morgan fingerprint density at radius 2 is 1.52 bits per heavy atom. The van der Waals surface area contributed by atoms with Crippen LogP contribution in [0.3, 0.4) is 0 Å². The zero-order chi connectivity index (χ0) is 18.1. The number of hydrogen-bond acceptors (Lipinski definition) is 5. The summed E-state index contributed by atoms with van der Waals surface area (Å²) in [7, 11) is -3.70. The Morgan fingerprint density at radius 3 is 2.20 bits per heavy atom. The lowest BCUT2D eigenvalue weighted by molar-refractivity contribution is 0.0497. The van der Waals surface area contributed by atoms with Crippen molar-refractivity contribution < 1.29 is 22.1 Å². The number of esters is 1. The van der Waals surface area contributed by atoms with Crippen LogP contribution in [0.4, 0.5) is 0 Å². The Balaban J connectivity index is 1.62. The maximum Gasteiger partial charge on any atom is 0.338 e. The van der Waals surface area contributed by atoms with Crippen LogP contribution in [0, 0.1) is 6.92 Å². The van der Waals surface area contributed by atoms with Gasteiger partial charge < -0.3 is 4.74 Å². The number of benzene rings is 2. The first-order chi connectivity index (χ1) is 12.0. The summed E-state index contributed by atoms with van der Waals surface area (Å²) in [6.45, 7) is 2.31. The zero-order valence-corrected chi connectivity index (χ0v) is 15.0. The van der Waals surface area contributed by atoms with Crippen LogP contribution in [-0.4, -0.2) is 27.6 Å². The lowest BCUT2D eigenvalue weighted by Gasteiger charge is -2.07. The molecule has 25 heavy (non-hydrogen) atoms. The monoisotopic (exact) mass is 362 g/mol.